The number of carbonyl (C=O) groups is 1. The predicted molar refractivity (Wildman–Crippen MR) is 23.9 cm³/mol. The van der Waals surface area contributed by atoms with E-state index in [0.717, 1.165) is 0 Å². The van der Waals surface area contributed by atoms with Gasteiger partial charge in [0.05, 0.1) is 0 Å². The quantitative estimate of drug-likeness (QED) is 0.320. The Bertz CT molecular complexity index is 56.1. The molecule has 0 fully saturated rings. The van der Waals surface area contributed by atoms with E-state index in [1.807, 2.05) is 0 Å². The van der Waals surface area contributed by atoms with E-state index in [9.17, 15) is 4.79 Å². The van der Waals surface area contributed by atoms with Gasteiger partial charge in [-0.15, -0.1) is 0 Å². The van der Waals surface area contributed by atoms with Gasteiger partial charge in [0, 0.05) is 0 Å². The van der Waals surface area contributed by atoms with E-state index >= 15 is 0 Å². The summed E-state index contributed by atoms with van der Waals surface area (Å²) >= 11 is 5.02. The van der Waals surface area contributed by atoms with Crippen molar-refractivity contribution in [1.82, 2.24) is 0 Å². The zero-order valence-corrected chi connectivity index (χ0v) is 4.26. The Kier molecular flexibility index (Phi) is 3.98. The number of aliphatic hydroxyl groups is 1. The molecule has 0 radical (unpaired) electrons. The summed E-state index contributed by atoms with van der Waals surface area (Å²) in [5, 5.41) is 7.90. The largest absolute Gasteiger partial charge is 0.371 e. The van der Waals surface area contributed by atoms with E-state index in [4.69, 9.17) is 16.7 Å². The average molecular weight is 125 g/mol. The highest BCUT2D eigenvalue weighted by atomic mass is 35.5. The summed E-state index contributed by atoms with van der Waals surface area (Å²) in [5.41, 5.74) is -1.01. The molecule has 0 aliphatic heterocycles. The monoisotopic (exact) mass is 124 g/mol. The molecule has 0 saturated heterocycles. The molecule has 0 spiro atoms. The van der Waals surface area contributed by atoms with Crippen molar-refractivity contribution in [1.29, 1.82) is 0 Å². The maximum absolute atomic E-state index is 9.53. The lowest BCUT2D eigenvalue weighted by Gasteiger charge is -1.95. The van der Waals surface area contributed by atoms with Crippen molar-refractivity contribution in [3.05, 3.63) is 0 Å². The van der Waals surface area contributed by atoms with Gasteiger partial charge in [0.15, 0.2) is 11.8 Å². The molecule has 42 valence electrons. The van der Waals surface area contributed by atoms with Crippen LogP contribution in [0.1, 0.15) is 0 Å². The Labute approximate surface area is 45.8 Å². The third-order valence-corrected chi connectivity index (χ3v) is 0.570. The Morgan fingerprint density at radius 1 is 2.00 bits per heavy atom. The highest BCUT2D eigenvalue weighted by molar-refractivity contribution is 6.26. The SMILES string of the molecule is O=CC(Cl)OCO. The van der Waals surface area contributed by atoms with Crippen LogP contribution >= 0.6 is 11.6 Å². The minimum Gasteiger partial charge on any atom is -0.371 e. The van der Waals surface area contributed by atoms with E-state index in [0.29, 0.717) is 6.29 Å². The van der Waals surface area contributed by atoms with Gasteiger partial charge < -0.3 is 9.84 Å². The Balaban J connectivity index is 2.98. The molecule has 7 heavy (non-hydrogen) atoms. The summed E-state index contributed by atoms with van der Waals surface area (Å²) in [6.45, 7) is -0.521. The number of hydrogen-bond acceptors (Lipinski definition) is 3. The number of aliphatic hydroxyl groups excluding tert-OH is 1. The van der Waals surface area contributed by atoms with Crippen molar-refractivity contribution in [2.45, 2.75) is 5.56 Å². The molecule has 0 aliphatic rings. The van der Waals surface area contributed by atoms with Crippen LogP contribution in [0.25, 0.3) is 0 Å². The second-order valence-electron chi connectivity index (χ2n) is 0.783. The second-order valence-corrected chi connectivity index (χ2v) is 1.21. The van der Waals surface area contributed by atoms with Crippen molar-refractivity contribution in [2.75, 3.05) is 6.79 Å². The minimum absolute atomic E-state index is 0.387. The molecule has 3 nitrogen and oxygen atoms in total. The molecule has 0 amide bonds. The summed E-state index contributed by atoms with van der Waals surface area (Å²) in [6.07, 6.45) is 0.387. The molecule has 1 atom stereocenters. The number of ether oxygens (including phenoxy) is 1. The topological polar surface area (TPSA) is 46.5 Å². The number of carbonyl (C=O) groups excluding carboxylic acids is 1. The first kappa shape index (κ1) is 6.88. The average Bonchev–Trinajstić information content (AvgIpc) is 1.68. The minimum atomic E-state index is -1.01. The van der Waals surface area contributed by atoms with Crippen molar-refractivity contribution < 1.29 is 14.6 Å². The number of alkyl halides is 1. The highest BCUT2D eigenvalue weighted by Gasteiger charge is 1.96. The molecule has 0 aromatic rings. The first-order valence-corrected chi connectivity index (χ1v) is 2.06. The van der Waals surface area contributed by atoms with E-state index in [2.05, 4.69) is 4.74 Å². The normalized spacial score (nSPS) is 13.4. The smallest absolute Gasteiger partial charge is 0.189 e. The van der Waals surface area contributed by atoms with Crippen LogP contribution in [0.2, 0.25) is 0 Å². The van der Waals surface area contributed by atoms with Gasteiger partial charge in [-0.25, -0.2) is 0 Å². The van der Waals surface area contributed by atoms with Crippen LogP contribution in [0.15, 0.2) is 0 Å². The Morgan fingerprint density at radius 2 is 2.57 bits per heavy atom. The highest BCUT2D eigenvalue weighted by Crippen LogP contribution is 1.89. The summed E-state index contributed by atoms with van der Waals surface area (Å²) in [6, 6.07) is 0. The van der Waals surface area contributed by atoms with E-state index in [1.165, 1.54) is 0 Å². The van der Waals surface area contributed by atoms with E-state index in [1.54, 1.807) is 0 Å². The maximum atomic E-state index is 9.53. The first-order chi connectivity index (χ1) is 3.31. The van der Waals surface area contributed by atoms with Crippen LogP contribution in [0.3, 0.4) is 0 Å². The molecule has 0 heterocycles. The molecule has 0 aliphatic carbocycles. The maximum Gasteiger partial charge on any atom is 0.189 e. The van der Waals surface area contributed by atoms with Gasteiger partial charge >= 0.3 is 0 Å². The molecule has 0 rings (SSSR count). The van der Waals surface area contributed by atoms with Crippen LogP contribution < -0.4 is 0 Å². The third kappa shape index (κ3) is 3.72. The lowest BCUT2D eigenvalue weighted by atomic mass is 10.8. The molecule has 0 saturated carbocycles. The zero-order chi connectivity index (χ0) is 5.70. The van der Waals surface area contributed by atoms with Crippen molar-refractivity contribution in [2.24, 2.45) is 0 Å². The summed E-state index contributed by atoms with van der Waals surface area (Å²) in [4.78, 5) is 9.53. The van der Waals surface area contributed by atoms with Crippen LogP contribution in [0.5, 0.6) is 0 Å². The summed E-state index contributed by atoms with van der Waals surface area (Å²) in [5.74, 6) is 0. The molecule has 1 unspecified atom stereocenters. The van der Waals surface area contributed by atoms with Gasteiger partial charge in [0.1, 0.15) is 6.79 Å². The van der Waals surface area contributed by atoms with Crippen LogP contribution in [0, 0.1) is 0 Å². The third-order valence-electron chi connectivity index (χ3n) is 0.341. The van der Waals surface area contributed by atoms with Crippen LogP contribution in [-0.4, -0.2) is 23.7 Å². The lowest BCUT2D eigenvalue weighted by molar-refractivity contribution is -0.118. The predicted octanol–water partition coefficient (Wildman–Crippen LogP) is -0.283. The van der Waals surface area contributed by atoms with Crippen molar-refractivity contribution in [3.8, 4) is 0 Å². The standard InChI is InChI=1S/C3H5ClO3/c4-3(1-5)7-2-6/h1,3,6H,2H2. The number of hydrogen-bond donors (Lipinski definition) is 1. The molecule has 0 bridgehead atoms. The number of rotatable bonds is 3. The van der Waals surface area contributed by atoms with Crippen molar-refractivity contribution >= 4 is 17.9 Å². The Morgan fingerprint density at radius 3 is 2.71 bits per heavy atom. The number of halogens is 1. The van der Waals surface area contributed by atoms with E-state index in [-0.39, 0.29) is 0 Å². The fourth-order valence-corrected chi connectivity index (χ4v) is 0.167. The van der Waals surface area contributed by atoms with Gasteiger partial charge in [0.2, 0.25) is 0 Å². The molecule has 0 aromatic heterocycles. The van der Waals surface area contributed by atoms with Gasteiger partial charge in [-0.05, 0) is 0 Å². The van der Waals surface area contributed by atoms with Gasteiger partial charge in [0.25, 0.3) is 0 Å². The second kappa shape index (κ2) is 4.05. The van der Waals surface area contributed by atoms with Gasteiger partial charge in [-0.1, -0.05) is 11.6 Å². The van der Waals surface area contributed by atoms with E-state index < -0.39 is 12.4 Å². The first-order valence-electron chi connectivity index (χ1n) is 1.63. The fraction of sp³-hybridized carbons (Fsp3) is 0.667. The number of aldehydes is 1. The van der Waals surface area contributed by atoms with Crippen LogP contribution in [0.4, 0.5) is 0 Å². The summed E-state index contributed by atoms with van der Waals surface area (Å²) < 4.78 is 4.14. The van der Waals surface area contributed by atoms with Crippen LogP contribution in [-0.2, 0) is 9.53 Å². The zero-order valence-electron chi connectivity index (χ0n) is 3.50. The van der Waals surface area contributed by atoms with Crippen molar-refractivity contribution in [3.63, 3.8) is 0 Å². The summed E-state index contributed by atoms with van der Waals surface area (Å²) in [7, 11) is 0. The Hall–Kier alpha value is -0.120. The lowest BCUT2D eigenvalue weighted by Crippen LogP contribution is -2.05. The molecular weight excluding hydrogens is 119 g/mol. The molecule has 1 N–H and O–H groups in total. The molecule has 0 aromatic carbocycles. The molecule has 4 heteroatoms. The van der Waals surface area contributed by atoms with Gasteiger partial charge in [-0.3, -0.25) is 4.79 Å². The van der Waals surface area contributed by atoms with Gasteiger partial charge in [-0.2, -0.15) is 0 Å². The fourth-order valence-electron chi connectivity index (χ4n) is 0.110. The molecular formula is C3H5ClO3.